The summed E-state index contributed by atoms with van der Waals surface area (Å²) in [5, 5.41) is 0. The van der Waals surface area contributed by atoms with Crippen molar-refractivity contribution in [1.82, 2.24) is 9.37 Å². The molecule has 2 rings (SSSR count). The second-order valence-corrected chi connectivity index (χ2v) is 8.07. The van der Waals surface area contributed by atoms with E-state index in [4.69, 9.17) is 9.57 Å². The minimum absolute atomic E-state index is 0.0510. The van der Waals surface area contributed by atoms with Gasteiger partial charge in [0.1, 0.15) is 0 Å². The predicted molar refractivity (Wildman–Crippen MR) is 93.7 cm³/mol. The first-order valence-electron chi connectivity index (χ1n) is 8.37. The number of carbonyl (C=O) groups excluding carboxylic acids is 2. The van der Waals surface area contributed by atoms with Crippen molar-refractivity contribution in [2.75, 3.05) is 27.3 Å². The number of ether oxygens (including phenoxy) is 1. The zero-order valence-electron chi connectivity index (χ0n) is 15.2. The van der Waals surface area contributed by atoms with Crippen molar-refractivity contribution in [3.8, 4) is 0 Å². The minimum atomic E-state index is -3.87. The molecule has 0 bridgehead atoms. The third-order valence-electron chi connectivity index (χ3n) is 4.41. The number of hydrogen-bond donors (Lipinski definition) is 0. The molecule has 9 heteroatoms. The number of sulfonamides is 1. The summed E-state index contributed by atoms with van der Waals surface area (Å²) < 4.78 is 30.2. The van der Waals surface area contributed by atoms with Gasteiger partial charge in [-0.25, -0.2) is 13.2 Å². The molecular formula is C17H24N2O6S. The Morgan fingerprint density at radius 2 is 2.04 bits per heavy atom. The molecule has 1 unspecified atom stereocenters. The summed E-state index contributed by atoms with van der Waals surface area (Å²) in [7, 11) is -1.40. The van der Waals surface area contributed by atoms with Crippen molar-refractivity contribution < 1.29 is 27.6 Å². The third kappa shape index (κ3) is 4.60. The monoisotopic (exact) mass is 384 g/mol. The van der Waals surface area contributed by atoms with Crippen molar-refractivity contribution in [3.05, 3.63) is 29.8 Å². The molecule has 0 aromatic heterocycles. The Bertz CT molecular complexity index is 764. The summed E-state index contributed by atoms with van der Waals surface area (Å²) in [6.45, 7) is 2.27. The molecule has 1 aliphatic rings. The summed E-state index contributed by atoms with van der Waals surface area (Å²) in [5.74, 6) is -0.992. The predicted octanol–water partition coefficient (Wildman–Crippen LogP) is 1.43. The van der Waals surface area contributed by atoms with E-state index in [0.717, 1.165) is 19.3 Å². The van der Waals surface area contributed by atoms with E-state index >= 15 is 0 Å². The van der Waals surface area contributed by atoms with Gasteiger partial charge >= 0.3 is 5.97 Å². The fourth-order valence-electron chi connectivity index (χ4n) is 2.79. The number of amides is 1. The molecule has 0 radical (unpaired) electrons. The van der Waals surface area contributed by atoms with E-state index in [9.17, 15) is 18.0 Å². The average molecular weight is 384 g/mol. The highest BCUT2D eigenvalue weighted by Crippen LogP contribution is 2.18. The van der Waals surface area contributed by atoms with Gasteiger partial charge < -0.3 is 9.64 Å². The number of piperidine rings is 1. The quantitative estimate of drug-likeness (QED) is 0.544. The van der Waals surface area contributed by atoms with Crippen LogP contribution in [0, 0.1) is 0 Å². The van der Waals surface area contributed by atoms with Crippen LogP contribution in [0.25, 0.3) is 0 Å². The Morgan fingerprint density at radius 1 is 1.31 bits per heavy atom. The molecular weight excluding hydrogens is 360 g/mol. The lowest BCUT2D eigenvalue weighted by Gasteiger charge is -2.33. The summed E-state index contributed by atoms with van der Waals surface area (Å²) in [6, 6.07) is 5.54. The highest BCUT2D eigenvalue weighted by Gasteiger charge is 2.25. The molecule has 0 spiro atoms. The molecule has 1 aromatic carbocycles. The van der Waals surface area contributed by atoms with Crippen LogP contribution in [-0.4, -0.2) is 63.0 Å². The van der Waals surface area contributed by atoms with Crippen molar-refractivity contribution >= 4 is 21.9 Å². The van der Waals surface area contributed by atoms with Crippen molar-refractivity contribution in [1.29, 1.82) is 0 Å². The van der Waals surface area contributed by atoms with Gasteiger partial charge in [0.05, 0.1) is 17.6 Å². The maximum absolute atomic E-state index is 12.2. The lowest BCUT2D eigenvalue weighted by molar-refractivity contribution is -0.137. The van der Waals surface area contributed by atoms with Crippen LogP contribution in [0.4, 0.5) is 0 Å². The Balaban J connectivity index is 2.04. The van der Waals surface area contributed by atoms with Crippen LogP contribution in [0.3, 0.4) is 0 Å². The fourth-order valence-corrected chi connectivity index (χ4v) is 3.81. The van der Waals surface area contributed by atoms with Gasteiger partial charge in [0, 0.05) is 19.6 Å². The highest BCUT2D eigenvalue weighted by atomic mass is 32.2. The first-order valence-corrected chi connectivity index (χ1v) is 9.81. The summed E-state index contributed by atoms with van der Waals surface area (Å²) >= 11 is 0. The Labute approximate surface area is 153 Å². The van der Waals surface area contributed by atoms with E-state index in [2.05, 4.69) is 0 Å². The van der Waals surface area contributed by atoms with Gasteiger partial charge in [-0.05, 0) is 44.4 Å². The van der Waals surface area contributed by atoms with Crippen LogP contribution < -0.4 is 0 Å². The second kappa shape index (κ2) is 8.61. The molecule has 0 N–H and O–H groups in total. The molecule has 1 atom stereocenters. The van der Waals surface area contributed by atoms with E-state index in [0.29, 0.717) is 11.0 Å². The van der Waals surface area contributed by atoms with Crippen molar-refractivity contribution in [3.63, 3.8) is 0 Å². The van der Waals surface area contributed by atoms with Crippen LogP contribution in [0.5, 0.6) is 0 Å². The number of likely N-dealkylation sites (tertiary alicyclic amines) is 1. The van der Waals surface area contributed by atoms with Gasteiger partial charge in [-0.3, -0.25) is 9.63 Å². The largest absolute Gasteiger partial charge is 0.452 e. The van der Waals surface area contributed by atoms with Crippen LogP contribution >= 0.6 is 0 Å². The normalized spacial score (nSPS) is 18.0. The van der Waals surface area contributed by atoms with Gasteiger partial charge in [0.15, 0.2) is 6.61 Å². The zero-order chi connectivity index (χ0) is 19.3. The van der Waals surface area contributed by atoms with Gasteiger partial charge in [-0.15, -0.1) is 0 Å². The standard InChI is InChI=1S/C17H24N2O6S/c1-13-7-4-5-10-19(13)16(20)12-25-17(21)14-8-6-9-15(11-14)26(22,23)18(2)24-3/h6,8-9,11,13H,4-5,7,10,12H2,1-3H3. The smallest absolute Gasteiger partial charge is 0.338 e. The van der Waals surface area contributed by atoms with E-state index in [1.165, 1.54) is 38.4 Å². The fraction of sp³-hybridized carbons (Fsp3) is 0.529. The molecule has 144 valence electrons. The zero-order valence-corrected chi connectivity index (χ0v) is 16.0. The van der Waals surface area contributed by atoms with E-state index in [1.807, 2.05) is 6.92 Å². The maximum Gasteiger partial charge on any atom is 0.338 e. The second-order valence-electron chi connectivity index (χ2n) is 6.13. The molecule has 1 aromatic rings. The Morgan fingerprint density at radius 3 is 2.69 bits per heavy atom. The third-order valence-corrected chi connectivity index (χ3v) is 6.09. The topological polar surface area (TPSA) is 93.2 Å². The first kappa shape index (κ1) is 20.3. The number of hydroxylamine groups is 1. The number of rotatable bonds is 6. The van der Waals surface area contributed by atoms with Gasteiger partial charge in [0.2, 0.25) is 0 Å². The lowest BCUT2D eigenvalue weighted by Crippen LogP contribution is -2.44. The van der Waals surface area contributed by atoms with Gasteiger partial charge in [0.25, 0.3) is 15.9 Å². The van der Waals surface area contributed by atoms with Gasteiger partial charge in [-0.2, -0.15) is 0 Å². The molecule has 1 aliphatic heterocycles. The number of benzene rings is 1. The van der Waals surface area contributed by atoms with Crippen molar-refractivity contribution in [2.45, 2.75) is 37.1 Å². The first-order chi connectivity index (χ1) is 12.3. The molecule has 1 fully saturated rings. The van der Waals surface area contributed by atoms with Crippen LogP contribution in [0.15, 0.2) is 29.2 Å². The van der Waals surface area contributed by atoms with E-state index in [1.54, 1.807) is 4.90 Å². The number of carbonyl (C=O) groups is 2. The molecule has 8 nitrogen and oxygen atoms in total. The summed E-state index contributed by atoms with van der Waals surface area (Å²) in [6.07, 6.45) is 2.96. The summed E-state index contributed by atoms with van der Waals surface area (Å²) in [4.78, 5) is 30.7. The maximum atomic E-state index is 12.2. The molecule has 1 heterocycles. The lowest BCUT2D eigenvalue weighted by atomic mass is 10.0. The van der Waals surface area contributed by atoms with E-state index < -0.39 is 16.0 Å². The Kier molecular flexibility index (Phi) is 6.74. The number of nitrogens with zero attached hydrogens (tertiary/aromatic N) is 2. The molecule has 0 saturated carbocycles. The average Bonchev–Trinajstić information content (AvgIpc) is 2.65. The number of esters is 1. The molecule has 1 amide bonds. The SMILES string of the molecule is CON(C)S(=O)(=O)c1cccc(C(=O)OCC(=O)N2CCCCC2C)c1. The van der Waals surface area contributed by atoms with Gasteiger partial charge in [-0.1, -0.05) is 10.5 Å². The molecule has 26 heavy (non-hydrogen) atoms. The van der Waals surface area contributed by atoms with Crippen molar-refractivity contribution in [2.24, 2.45) is 0 Å². The number of hydrogen-bond acceptors (Lipinski definition) is 6. The highest BCUT2D eigenvalue weighted by molar-refractivity contribution is 7.89. The molecule has 1 saturated heterocycles. The molecule has 0 aliphatic carbocycles. The minimum Gasteiger partial charge on any atom is -0.452 e. The van der Waals surface area contributed by atoms with E-state index in [-0.39, 0.29) is 29.0 Å². The summed E-state index contributed by atoms with van der Waals surface area (Å²) in [5.41, 5.74) is 0.0510. The Hall–Kier alpha value is -1.97. The van der Waals surface area contributed by atoms with Crippen LogP contribution in [0.2, 0.25) is 0 Å². The van der Waals surface area contributed by atoms with Crippen LogP contribution in [-0.2, 0) is 24.4 Å². The van der Waals surface area contributed by atoms with Crippen LogP contribution in [0.1, 0.15) is 36.5 Å².